The molecule has 8 heteroatoms. The quantitative estimate of drug-likeness (QED) is 0.150. The molecule has 2 N–H and O–H groups in total. The number of aromatic nitrogens is 4. The molecule has 2 aliphatic rings. The van der Waals surface area contributed by atoms with Crippen molar-refractivity contribution in [3.05, 3.63) is 167 Å². The molecule has 0 amide bonds. The van der Waals surface area contributed by atoms with Gasteiger partial charge in [-0.25, -0.2) is 9.97 Å². The summed E-state index contributed by atoms with van der Waals surface area (Å²) in [5.74, 6) is 0. The molecule has 2 aliphatic heterocycles. The Morgan fingerprint density at radius 1 is 0.328 bits per heavy atom. The summed E-state index contributed by atoms with van der Waals surface area (Å²) in [6.45, 7) is 0. The van der Waals surface area contributed by atoms with E-state index in [1.165, 1.54) is 22.7 Å². The zero-order chi connectivity index (χ0) is 45.3. The highest BCUT2D eigenvalue weighted by atomic mass is 15.3. The van der Waals surface area contributed by atoms with Crippen LogP contribution in [-0.4, -0.2) is 105 Å². The summed E-state index contributed by atoms with van der Waals surface area (Å²) >= 11 is 0. The van der Waals surface area contributed by atoms with Crippen LogP contribution in [0.1, 0.15) is 33.9 Å². The van der Waals surface area contributed by atoms with Crippen molar-refractivity contribution in [3.8, 4) is 22.3 Å². The zero-order valence-electron chi connectivity index (χ0n) is 39.5. The largest absolute Gasteiger partial charge is 0.355 e. The van der Waals surface area contributed by atoms with Gasteiger partial charge in [-0.15, -0.1) is 0 Å². The van der Waals surface area contributed by atoms with Crippen molar-refractivity contribution in [2.75, 3.05) is 84.6 Å². The van der Waals surface area contributed by atoms with Crippen LogP contribution in [-0.2, 0) is 0 Å². The minimum Gasteiger partial charge on any atom is -0.355 e. The molecule has 8 bridgehead atoms. The van der Waals surface area contributed by atoms with E-state index in [9.17, 15) is 0 Å². The first-order valence-corrected chi connectivity index (χ1v) is 22.1. The van der Waals surface area contributed by atoms with Gasteiger partial charge in [0.05, 0.1) is 107 Å². The van der Waals surface area contributed by atoms with Crippen molar-refractivity contribution in [2.45, 2.75) is 0 Å². The monoisotopic (exact) mass is 847 g/mol. The van der Waals surface area contributed by atoms with Crippen molar-refractivity contribution in [1.29, 1.82) is 0 Å². The molecule has 322 valence electrons. The number of H-pyrrole nitrogens is 2. The van der Waals surface area contributed by atoms with Gasteiger partial charge in [0, 0.05) is 44.3 Å². The minimum absolute atomic E-state index is 0.740. The van der Waals surface area contributed by atoms with Crippen molar-refractivity contribution in [3.63, 3.8) is 0 Å². The number of benzene rings is 4. The van der Waals surface area contributed by atoms with Gasteiger partial charge in [-0.2, -0.15) is 0 Å². The molecule has 3 aromatic heterocycles. The molecule has 64 heavy (non-hydrogen) atoms. The number of nitrogens with one attached hydrogen (secondary N) is 2. The van der Waals surface area contributed by atoms with Gasteiger partial charge < -0.3 is 9.97 Å². The summed E-state index contributed by atoms with van der Waals surface area (Å²) in [6, 6.07) is 48.9. The van der Waals surface area contributed by atoms with Gasteiger partial charge in [0.15, 0.2) is 0 Å². The Hall–Kier alpha value is -6.68. The highest BCUT2D eigenvalue weighted by Crippen LogP contribution is 2.37. The van der Waals surface area contributed by atoms with Crippen LogP contribution in [0.5, 0.6) is 0 Å². The first-order chi connectivity index (χ1) is 30.2. The lowest BCUT2D eigenvalue weighted by Gasteiger charge is -2.23. The van der Waals surface area contributed by atoms with Gasteiger partial charge in [-0.05, 0) is 168 Å². The second-order valence-corrected chi connectivity index (χ2v) is 20.9. The highest BCUT2D eigenvalue weighted by molar-refractivity contribution is 5.98. The molecule has 0 saturated heterocycles. The van der Waals surface area contributed by atoms with Gasteiger partial charge in [0.25, 0.3) is 0 Å². The molecule has 8 nitrogen and oxygen atoms in total. The molecule has 4 aromatic carbocycles. The van der Waals surface area contributed by atoms with E-state index in [0.717, 1.165) is 107 Å². The fourth-order valence-electron chi connectivity index (χ4n) is 8.53. The predicted molar refractivity (Wildman–Crippen MR) is 277 cm³/mol. The summed E-state index contributed by atoms with van der Waals surface area (Å²) < 4.78 is 2.97. The fourth-order valence-corrected chi connectivity index (χ4v) is 8.53. The minimum atomic E-state index is 0.740. The Morgan fingerprint density at radius 2 is 0.641 bits per heavy atom. The van der Waals surface area contributed by atoms with Gasteiger partial charge in [0.1, 0.15) is 22.7 Å². The first kappa shape index (κ1) is 42.6. The molecule has 0 spiro atoms. The van der Waals surface area contributed by atoms with E-state index in [4.69, 9.17) is 9.97 Å². The van der Waals surface area contributed by atoms with E-state index in [1.54, 1.807) is 0 Å². The Morgan fingerprint density at radius 3 is 1.02 bits per heavy atom. The molecule has 9 rings (SSSR count). The van der Waals surface area contributed by atoms with Crippen LogP contribution < -0.4 is 17.9 Å². The molecule has 5 heterocycles. The molecule has 0 aliphatic carbocycles. The first-order valence-electron chi connectivity index (χ1n) is 22.1. The average molecular weight is 847 g/mol. The summed E-state index contributed by atoms with van der Waals surface area (Å²) in [7, 11) is 26.4. The van der Waals surface area contributed by atoms with Gasteiger partial charge in [0.2, 0.25) is 0 Å². The average Bonchev–Trinajstić information content (AvgIpc) is 4.03. The van der Waals surface area contributed by atoms with E-state index >= 15 is 0 Å². The molecule has 0 saturated carbocycles. The van der Waals surface area contributed by atoms with Crippen molar-refractivity contribution in [1.82, 2.24) is 37.9 Å². The van der Waals surface area contributed by atoms with E-state index in [0.29, 0.717) is 0 Å². The summed E-state index contributed by atoms with van der Waals surface area (Å²) in [4.78, 5) is 18.4. The molecule has 0 atom stereocenters. The number of hydrogen-bond donors (Lipinski definition) is 2. The van der Waals surface area contributed by atoms with Crippen LogP contribution in [0.3, 0.4) is 0 Å². The van der Waals surface area contributed by atoms with Crippen LogP contribution in [0.25, 0.3) is 67.6 Å². The third kappa shape index (κ3) is 8.66. The highest BCUT2D eigenvalue weighted by Gasteiger charge is 2.21. The molecular formula is C56H62N8+4. The van der Waals surface area contributed by atoms with E-state index in [2.05, 4.69) is 240 Å². The Labute approximate surface area is 378 Å². The number of quaternary nitrogens is 4. The maximum Gasteiger partial charge on any atom is 0.132 e. The standard InChI is InChI=1S/C56H62N8/c1-61(2,3)45-21-13-37(14-22-45)49-29-41-34-54-51(39-17-25-47(26-18-39)63(7,8)9)31-43(59-54)36-56-52(40-19-27-48(28-20-40)64(10,11)12)32-44(60-56)35-55-50(30-42(58-55)33-53(49)57-41)38-15-23-46(24-16-38)62(4,5)6/h13-36,57-58H,1-12H3/q+4. The molecular weight excluding hydrogens is 785 g/mol. The van der Waals surface area contributed by atoms with Crippen molar-refractivity contribution in [2.24, 2.45) is 0 Å². The van der Waals surface area contributed by atoms with E-state index in [1.807, 2.05) is 0 Å². The van der Waals surface area contributed by atoms with Crippen LogP contribution in [0.4, 0.5) is 22.7 Å². The Balaban J connectivity index is 1.32. The van der Waals surface area contributed by atoms with Gasteiger partial charge >= 0.3 is 0 Å². The van der Waals surface area contributed by atoms with Crippen molar-refractivity contribution >= 4 is 68.1 Å². The smallest absolute Gasteiger partial charge is 0.132 e. The Bertz CT molecular complexity index is 3130. The number of fused-ring (bicyclic) bond motifs is 8. The third-order valence-corrected chi connectivity index (χ3v) is 12.4. The topological polar surface area (TPSA) is 57.4 Å². The Kier molecular flexibility index (Phi) is 10.3. The number of aromatic amines is 2. The van der Waals surface area contributed by atoms with E-state index in [-0.39, 0.29) is 0 Å². The zero-order valence-corrected chi connectivity index (χ0v) is 39.5. The third-order valence-electron chi connectivity index (χ3n) is 12.4. The number of nitrogens with zero attached hydrogens (tertiary/aromatic N) is 6. The van der Waals surface area contributed by atoms with Crippen molar-refractivity contribution < 1.29 is 0 Å². The fraction of sp³-hybridized carbons (Fsp3) is 0.214. The molecule has 0 unspecified atom stereocenters. The normalized spacial score (nSPS) is 13.5. The predicted octanol–water partition coefficient (Wildman–Crippen LogP) is 11.6. The van der Waals surface area contributed by atoms with Crippen LogP contribution in [0.15, 0.2) is 133 Å². The van der Waals surface area contributed by atoms with Gasteiger partial charge in [-0.1, -0.05) is 0 Å². The summed E-state index contributed by atoms with van der Waals surface area (Å²) in [6.07, 6.45) is 4.43. The second-order valence-electron chi connectivity index (χ2n) is 20.9. The van der Waals surface area contributed by atoms with Crippen LogP contribution in [0, 0.1) is 0 Å². The van der Waals surface area contributed by atoms with Crippen LogP contribution in [0.2, 0.25) is 0 Å². The lowest BCUT2D eigenvalue weighted by atomic mass is 10.0. The van der Waals surface area contributed by atoms with Crippen LogP contribution >= 0.6 is 0 Å². The van der Waals surface area contributed by atoms with E-state index < -0.39 is 0 Å². The maximum atomic E-state index is 5.36. The molecule has 0 fully saturated rings. The lowest BCUT2D eigenvalue weighted by Crippen LogP contribution is -2.34. The SMILES string of the molecule is C[N+](C)(C)c1ccc(C2=Cc3cc4[nH]c(cc4-c4ccc([N+](C)(C)C)cc4)cc4[nH]c(cc5nc(cc2n3)C=C5c2ccc([N+](C)(C)C)cc2)cc4-c2ccc([N+](C)(C)C)cc2)cc1. The number of rotatable bonds is 8. The molecule has 7 aromatic rings. The second kappa shape index (κ2) is 15.5. The summed E-state index contributed by atoms with van der Waals surface area (Å²) in [5, 5.41) is 0. The van der Waals surface area contributed by atoms with Gasteiger partial charge in [-0.3, -0.25) is 17.9 Å². The lowest BCUT2D eigenvalue weighted by molar-refractivity contribution is 0.486. The maximum absolute atomic E-state index is 5.36. The molecule has 0 radical (unpaired) electrons. The summed E-state index contributed by atoms with van der Waals surface area (Å²) in [5.41, 5.74) is 21.3. The number of hydrogen-bond acceptors (Lipinski definition) is 2.